The summed E-state index contributed by atoms with van der Waals surface area (Å²) >= 11 is 0. The van der Waals surface area contributed by atoms with Gasteiger partial charge in [0, 0.05) is 11.8 Å². The summed E-state index contributed by atoms with van der Waals surface area (Å²) in [6, 6.07) is 0. The van der Waals surface area contributed by atoms with Crippen molar-refractivity contribution in [2.45, 2.75) is 122 Å². The van der Waals surface area contributed by atoms with E-state index in [4.69, 9.17) is 14.5 Å². The highest BCUT2D eigenvalue weighted by Crippen LogP contribution is 2.70. The first-order valence-corrected chi connectivity index (χ1v) is 13.2. The molecule has 3 aliphatic carbocycles. The van der Waals surface area contributed by atoms with Crippen LogP contribution >= 0.6 is 0 Å². The van der Waals surface area contributed by atoms with Crippen LogP contribution in [0.2, 0.25) is 0 Å². The molecule has 1 spiro atoms. The molecular weight excluding hydrogens is 456 g/mol. The lowest BCUT2D eigenvalue weighted by Gasteiger charge is -2.70. The Hall–Kier alpha value is -0.360. The second-order valence-corrected chi connectivity index (χ2v) is 13.0. The molecule has 1 saturated heterocycles. The number of fused-ring (bicyclic) bond motifs is 2. The first-order chi connectivity index (χ1) is 16.1. The zero-order chi connectivity index (χ0) is 26.1. The number of hydrogen-bond donors (Lipinski definition) is 6. The predicted molar refractivity (Wildman–Crippen MR) is 126 cm³/mol. The van der Waals surface area contributed by atoms with Crippen LogP contribution in [0.1, 0.15) is 73.6 Å². The Bertz CT molecular complexity index is 762. The minimum Gasteiger partial charge on any atom is -0.393 e. The number of aliphatic hydroxyl groups excluding tert-OH is 5. The Balaban J connectivity index is 1.68. The largest absolute Gasteiger partial charge is 0.393 e. The van der Waals surface area contributed by atoms with Crippen LogP contribution in [0.3, 0.4) is 0 Å². The van der Waals surface area contributed by atoms with Gasteiger partial charge in [0.25, 0.3) is 0 Å². The monoisotopic (exact) mass is 502 g/mol. The van der Waals surface area contributed by atoms with Crippen LogP contribution in [0.5, 0.6) is 0 Å². The van der Waals surface area contributed by atoms with Crippen LogP contribution in [0.4, 0.5) is 0 Å². The standard InChI is InChI=1S/C26H46O9/c1-13-11-14(2)26(13)10-8-16(28)24(5)9-7-15(23(3,4)32)19(20(24)26)34-35-22-18(30)17(29)21(31)25(6,12-27)33-22/h13-22,27-32H,7-12H2,1-6H3/t13-,14+,15-,16+,17-,18-,19-,20+,21+,22-,24-,25+,26?/m1/s1. The number of rotatable bonds is 5. The molecule has 4 aliphatic rings. The van der Waals surface area contributed by atoms with E-state index in [0.29, 0.717) is 18.3 Å². The van der Waals surface area contributed by atoms with E-state index in [1.54, 1.807) is 13.8 Å². The summed E-state index contributed by atoms with van der Waals surface area (Å²) in [7, 11) is 0. The van der Waals surface area contributed by atoms with E-state index in [1.165, 1.54) is 6.92 Å². The van der Waals surface area contributed by atoms with Gasteiger partial charge in [0.15, 0.2) is 0 Å². The SMILES string of the molecule is C[C@@H]1C[C@H](C)C12CC[C@H](O)[C@@]1(C)CC[C@@H](C(C)(C)O)[C@@H](OO[C@H]3O[C@@](C)(CO)[C@@H](O)[C@H](O)[C@H]3O)[C@H]21. The summed E-state index contributed by atoms with van der Waals surface area (Å²) in [6.45, 7) is 11.0. The molecule has 204 valence electrons. The maximum Gasteiger partial charge on any atom is 0.220 e. The van der Waals surface area contributed by atoms with Crippen molar-refractivity contribution in [2.75, 3.05) is 6.61 Å². The molecule has 6 N–H and O–H groups in total. The molecule has 1 unspecified atom stereocenters. The third kappa shape index (κ3) is 4.10. The van der Waals surface area contributed by atoms with Crippen LogP contribution < -0.4 is 0 Å². The third-order valence-corrected chi connectivity index (χ3v) is 10.6. The van der Waals surface area contributed by atoms with Gasteiger partial charge < -0.3 is 35.4 Å². The Morgan fingerprint density at radius 3 is 2.11 bits per heavy atom. The lowest BCUT2D eigenvalue weighted by Crippen LogP contribution is -2.69. The second kappa shape index (κ2) is 9.13. The van der Waals surface area contributed by atoms with E-state index in [9.17, 15) is 30.6 Å². The second-order valence-electron chi connectivity index (χ2n) is 13.0. The number of aliphatic hydroxyl groups is 6. The quantitative estimate of drug-likeness (QED) is 0.240. The lowest BCUT2D eigenvalue weighted by atomic mass is 9.36. The van der Waals surface area contributed by atoms with Crippen LogP contribution in [-0.4, -0.2) is 85.3 Å². The fourth-order valence-corrected chi connectivity index (χ4v) is 8.28. The molecule has 0 bridgehead atoms. The van der Waals surface area contributed by atoms with E-state index < -0.39 is 60.0 Å². The summed E-state index contributed by atoms with van der Waals surface area (Å²) in [4.78, 5) is 11.8. The van der Waals surface area contributed by atoms with Crippen molar-refractivity contribution in [2.24, 2.45) is 34.5 Å². The Labute approximate surface area is 208 Å². The van der Waals surface area contributed by atoms with Crippen LogP contribution in [-0.2, 0) is 14.5 Å². The predicted octanol–water partition coefficient (Wildman–Crippen LogP) is 1.11. The molecule has 9 nitrogen and oxygen atoms in total. The maximum absolute atomic E-state index is 11.2. The van der Waals surface area contributed by atoms with Crippen molar-refractivity contribution < 1.29 is 45.2 Å². The van der Waals surface area contributed by atoms with Gasteiger partial charge in [0.05, 0.1) is 18.3 Å². The van der Waals surface area contributed by atoms with Gasteiger partial charge in [-0.05, 0) is 75.5 Å². The minimum atomic E-state index is -1.61. The molecule has 1 heterocycles. The summed E-state index contributed by atoms with van der Waals surface area (Å²) in [6.07, 6.45) is -3.22. The first kappa shape index (κ1) is 27.7. The zero-order valence-electron chi connectivity index (χ0n) is 21.9. The van der Waals surface area contributed by atoms with Crippen molar-refractivity contribution in [3.63, 3.8) is 0 Å². The molecule has 3 saturated carbocycles. The smallest absolute Gasteiger partial charge is 0.220 e. The van der Waals surface area contributed by atoms with Crippen molar-refractivity contribution in [3.05, 3.63) is 0 Å². The Kier molecular flexibility index (Phi) is 7.22. The average Bonchev–Trinajstić information content (AvgIpc) is 2.79. The van der Waals surface area contributed by atoms with Crippen LogP contribution in [0, 0.1) is 34.5 Å². The fourth-order valence-electron chi connectivity index (χ4n) is 8.28. The first-order valence-electron chi connectivity index (χ1n) is 13.2. The van der Waals surface area contributed by atoms with Crippen LogP contribution in [0.25, 0.3) is 0 Å². The van der Waals surface area contributed by atoms with Gasteiger partial charge in [-0.3, -0.25) is 0 Å². The number of ether oxygens (including phenoxy) is 1. The molecule has 0 aromatic rings. The Morgan fingerprint density at radius 1 is 0.943 bits per heavy atom. The van der Waals surface area contributed by atoms with Gasteiger partial charge in [-0.15, -0.1) is 0 Å². The fraction of sp³-hybridized carbons (Fsp3) is 1.00. The van der Waals surface area contributed by atoms with E-state index in [1.807, 2.05) is 0 Å². The highest BCUT2D eigenvalue weighted by Gasteiger charge is 2.69. The third-order valence-electron chi connectivity index (χ3n) is 10.6. The molecule has 9 heteroatoms. The summed E-state index contributed by atoms with van der Waals surface area (Å²) in [5, 5.41) is 63.3. The van der Waals surface area contributed by atoms with Crippen molar-refractivity contribution >= 4 is 0 Å². The molecule has 4 rings (SSSR count). The highest BCUT2D eigenvalue weighted by atomic mass is 17.2. The maximum atomic E-state index is 11.2. The van der Waals surface area contributed by atoms with E-state index in [2.05, 4.69) is 20.8 Å². The normalized spacial score (nSPS) is 54.9. The van der Waals surface area contributed by atoms with Crippen molar-refractivity contribution in [1.29, 1.82) is 0 Å². The topological polar surface area (TPSA) is 149 Å². The van der Waals surface area contributed by atoms with E-state index in [0.717, 1.165) is 25.7 Å². The summed E-state index contributed by atoms with van der Waals surface area (Å²) < 4.78 is 5.68. The molecule has 0 aromatic heterocycles. The molecular formula is C26H46O9. The number of hydrogen-bond acceptors (Lipinski definition) is 9. The van der Waals surface area contributed by atoms with Gasteiger partial charge >= 0.3 is 0 Å². The molecule has 1 aliphatic heterocycles. The average molecular weight is 503 g/mol. The molecule has 35 heavy (non-hydrogen) atoms. The van der Waals surface area contributed by atoms with Crippen molar-refractivity contribution in [1.82, 2.24) is 0 Å². The van der Waals surface area contributed by atoms with Crippen molar-refractivity contribution in [3.8, 4) is 0 Å². The molecule has 4 fully saturated rings. The lowest BCUT2D eigenvalue weighted by molar-refractivity contribution is -0.473. The highest BCUT2D eigenvalue weighted by molar-refractivity contribution is 5.16. The molecule has 0 amide bonds. The van der Waals surface area contributed by atoms with Gasteiger partial charge in [-0.1, -0.05) is 20.8 Å². The van der Waals surface area contributed by atoms with Gasteiger partial charge in [-0.25, -0.2) is 9.78 Å². The van der Waals surface area contributed by atoms with E-state index >= 15 is 0 Å². The van der Waals surface area contributed by atoms with Gasteiger partial charge in [-0.2, -0.15) is 0 Å². The minimum absolute atomic E-state index is 0.0761. The molecule has 13 atom stereocenters. The van der Waals surface area contributed by atoms with Gasteiger partial charge in [0.1, 0.15) is 30.0 Å². The molecule has 0 aromatic carbocycles. The van der Waals surface area contributed by atoms with E-state index in [-0.39, 0.29) is 17.3 Å². The summed E-state index contributed by atoms with van der Waals surface area (Å²) in [5.74, 6) is 0.436. The zero-order valence-corrected chi connectivity index (χ0v) is 21.9. The Morgan fingerprint density at radius 2 is 1.57 bits per heavy atom. The van der Waals surface area contributed by atoms with Gasteiger partial charge in [0.2, 0.25) is 6.29 Å². The van der Waals surface area contributed by atoms with Crippen LogP contribution in [0.15, 0.2) is 0 Å². The summed E-state index contributed by atoms with van der Waals surface area (Å²) in [5.41, 5.74) is -3.15. The molecule has 0 radical (unpaired) electrons.